The zero-order valence-corrected chi connectivity index (χ0v) is 14.1. The van der Waals surface area contributed by atoms with Crippen molar-refractivity contribution in [1.82, 2.24) is 15.1 Å². The van der Waals surface area contributed by atoms with Crippen LogP contribution in [0.15, 0.2) is 6.07 Å². The number of carbonyl (C=O) groups is 1. The third kappa shape index (κ3) is 3.85. The van der Waals surface area contributed by atoms with Crippen LogP contribution in [0.2, 0.25) is 0 Å². The van der Waals surface area contributed by atoms with Crippen LogP contribution in [0.1, 0.15) is 41.6 Å². The number of aliphatic hydroxyl groups is 1. The number of nitrogens with one attached hydrogen (secondary N) is 1. The average Bonchev–Trinajstić information content (AvgIpc) is 3.03. The van der Waals surface area contributed by atoms with Crippen LogP contribution in [0, 0.1) is 0 Å². The summed E-state index contributed by atoms with van der Waals surface area (Å²) >= 11 is 1.47. The summed E-state index contributed by atoms with van der Waals surface area (Å²) in [4.78, 5) is 13.9. The van der Waals surface area contributed by atoms with Gasteiger partial charge in [0.25, 0.3) is 5.91 Å². The highest BCUT2D eigenvalue weighted by Crippen LogP contribution is 2.31. The van der Waals surface area contributed by atoms with Crippen LogP contribution in [-0.4, -0.2) is 47.2 Å². The predicted molar refractivity (Wildman–Crippen MR) is 87.5 cm³/mol. The molecule has 0 spiro atoms. The minimum Gasteiger partial charge on any atom is -0.394 e. The monoisotopic (exact) mass is 325 g/mol. The van der Waals surface area contributed by atoms with Crippen molar-refractivity contribution in [2.45, 2.75) is 26.2 Å². The predicted octanol–water partition coefficient (Wildman–Crippen LogP) is 1.89. The number of rotatable bonds is 8. The van der Waals surface area contributed by atoms with Gasteiger partial charge in [0, 0.05) is 25.6 Å². The minimum atomic E-state index is -0.0573. The number of aryl methyl sites for hydroxylation is 1. The van der Waals surface area contributed by atoms with Crippen LogP contribution in [-0.2, 0) is 11.8 Å². The van der Waals surface area contributed by atoms with Crippen LogP contribution in [0.5, 0.6) is 0 Å². The fourth-order valence-electron chi connectivity index (χ4n) is 2.23. The molecule has 2 aromatic rings. The molecule has 0 radical (unpaired) electrons. The number of hydrogen-bond acceptors (Lipinski definition) is 5. The van der Waals surface area contributed by atoms with Crippen LogP contribution in [0.3, 0.4) is 0 Å². The number of ether oxygens (including phenoxy) is 1. The Balaban J connectivity index is 1.96. The number of fused-ring (bicyclic) bond motifs is 1. The van der Waals surface area contributed by atoms with Gasteiger partial charge in [0.05, 0.1) is 23.8 Å². The Morgan fingerprint density at radius 2 is 2.27 bits per heavy atom. The fraction of sp³-hybridized carbons (Fsp3) is 0.600. The van der Waals surface area contributed by atoms with Crippen LogP contribution < -0.4 is 5.32 Å². The molecule has 0 unspecified atom stereocenters. The summed E-state index contributed by atoms with van der Waals surface area (Å²) in [5, 5.41) is 17.1. The van der Waals surface area contributed by atoms with Gasteiger partial charge in [-0.3, -0.25) is 9.48 Å². The summed E-state index contributed by atoms with van der Waals surface area (Å²) in [6.45, 7) is 5.68. The van der Waals surface area contributed by atoms with Crippen molar-refractivity contribution in [2.75, 3.05) is 26.4 Å². The average molecular weight is 325 g/mol. The van der Waals surface area contributed by atoms with E-state index >= 15 is 0 Å². The highest BCUT2D eigenvalue weighted by Gasteiger charge is 2.18. The summed E-state index contributed by atoms with van der Waals surface area (Å²) in [6, 6.07) is 1.93. The summed E-state index contributed by atoms with van der Waals surface area (Å²) in [6.07, 6.45) is 0.732. The molecule has 122 valence electrons. The quantitative estimate of drug-likeness (QED) is 0.727. The van der Waals surface area contributed by atoms with Crippen LogP contribution in [0.4, 0.5) is 0 Å². The lowest BCUT2D eigenvalue weighted by molar-refractivity contribution is 0.0869. The Hall–Kier alpha value is -1.44. The topological polar surface area (TPSA) is 76.4 Å². The molecule has 0 fully saturated rings. The smallest absolute Gasteiger partial charge is 0.261 e. The second kappa shape index (κ2) is 7.71. The number of hydrogen-bond donors (Lipinski definition) is 2. The van der Waals surface area contributed by atoms with Crippen molar-refractivity contribution in [1.29, 1.82) is 0 Å². The Morgan fingerprint density at radius 1 is 1.50 bits per heavy atom. The highest BCUT2D eigenvalue weighted by atomic mass is 32.1. The first kappa shape index (κ1) is 16.9. The molecule has 0 aliphatic heterocycles. The van der Waals surface area contributed by atoms with E-state index < -0.39 is 0 Å². The van der Waals surface area contributed by atoms with E-state index in [2.05, 4.69) is 24.3 Å². The molecule has 2 aromatic heterocycles. The molecular formula is C15H23N3O3S. The first-order valence-corrected chi connectivity index (χ1v) is 8.29. The summed E-state index contributed by atoms with van der Waals surface area (Å²) in [7, 11) is 1.91. The van der Waals surface area contributed by atoms with Gasteiger partial charge in [0.15, 0.2) is 0 Å². The Labute approximate surface area is 134 Å². The maximum absolute atomic E-state index is 12.2. The first-order valence-electron chi connectivity index (χ1n) is 7.47. The van der Waals surface area contributed by atoms with Crippen LogP contribution in [0.25, 0.3) is 10.2 Å². The maximum Gasteiger partial charge on any atom is 0.261 e. The molecule has 22 heavy (non-hydrogen) atoms. The van der Waals surface area contributed by atoms with Gasteiger partial charge in [0.1, 0.15) is 4.83 Å². The molecule has 0 saturated carbocycles. The normalized spacial score (nSPS) is 11.5. The molecule has 0 aliphatic rings. The zero-order valence-electron chi connectivity index (χ0n) is 13.3. The molecule has 0 atom stereocenters. The first-order chi connectivity index (χ1) is 10.5. The molecule has 7 heteroatoms. The number of aliphatic hydroxyl groups excluding tert-OH is 1. The van der Waals surface area contributed by atoms with Gasteiger partial charge in [-0.1, -0.05) is 13.8 Å². The van der Waals surface area contributed by atoms with E-state index in [9.17, 15) is 4.79 Å². The van der Waals surface area contributed by atoms with E-state index in [0.29, 0.717) is 30.6 Å². The lowest BCUT2D eigenvalue weighted by Gasteiger charge is -2.04. The van der Waals surface area contributed by atoms with Gasteiger partial charge in [0.2, 0.25) is 0 Å². The second-order valence-corrected chi connectivity index (χ2v) is 6.47. The third-order valence-corrected chi connectivity index (χ3v) is 4.50. The van der Waals surface area contributed by atoms with E-state index in [0.717, 1.165) is 22.3 Å². The largest absolute Gasteiger partial charge is 0.394 e. The van der Waals surface area contributed by atoms with Gasteiger partial charge in [-0.2, -0.15) is 5.10 Å². The molecule has 0 saturated heterocycles. The van der Waals surface area contributed by atoms with Crippen molar-refractivity contribution in [3.05, 3.63) is 16.6 Å². The lowest BCUT2D eigenvalue weighted by Crippen LogP contribution is -2.24. The molecule has 0 aliphatic carbocycles. The Morgan fingerprint density at radius 3 is 2.95 bits per heavy atom. The van der Waals surface area contributed by atoms with Gasteiger partial charge < -0.3 is 15.2 Å². The van der Waals surface area contributed by atoms with E-state index in [1.54, 1.807) is 0 Å². The number of nitrogens with zero attached hydrogens (tertiary/aromatic N) is 2. The van der Waals surface area contributed by atoms with Crippen molar-refractivity contribution >= 4 is 27.5 Å². The number of thiophene rings is 1. The number of amides is 1. The molecular weight excluding hydrogens is 302 g/mol. The fourth-order valence-corrected chi connectivity index (χ4v) is 3.23. The van der Waals surface area contributed by atoms with Crippen LogP contribution >= 0.6 is 11.3 Å². The maximum atomic E-state index is 12.2. The van der Waals surface area contributed by atoms with Gasteiger partial charge in [-0.25, -0.2) is 0 Å². The summed E-state index contributed by atoms with van der Waals surface area (Å²) < 4.78 is 7.00. The molecule has 6 nitrogen and oxygen atoms in total. The summed E-state index contributed by atoms with van der Waals surface area (Å²) in [5.74, 6) is 0.274. The lowest BCUT2D eigenvalue weighted by atomic mass is 10.1. The molecule has 0 bridgehead atoms. The third-order valence-electron chi connectivity index (χ3n) is 3.30. The molecule has 1 amide bonds. The van der Waals surface area contributed by atoms with E-state index in [1.165, 1.54) is 11.3 Å². The summed E-state index contributed by atoms with van der Waals surface area (Å²) in [5.41, 5.74) is 1.03. The number of carbonyl (C=O) groups excluding carboxylic acids is 1. The van der Waals surface area contributed by atoms with E-state index in [-0.39, 0.29) is 12.5 Å². The Kier molecular flexibility index (Phi) is 5.93. The van der Waals surface area contributed by atoms with E-state index in [4.69, 9.17) is 9.84 Å². The number of aromatic nitrogens is 2. The molecule has 2 rings (SSSR count). The van der Waals surface area contributed by atoms with E-state index in [1.807, 2.05) is 17.8 Å². The zero-order chi connectivity index (χ0) is 16.1. The van der Waals surface area contributed by atoms with Crippen molar-refractivity contribution in [3.8, 4) is 0 Å². The van der Waals surface area contributed by atoms with Crippen molar-refractivity contribution in [3.63, 3.8) is 0 Å². The molecule has 2 N–H and O–H groups in total. The van der Waals surface area contributed by atoms with Gasteiger partial charge >= 0.3 is 0 Å². The molecule has 0 aromatic carbocycles. The molecule has 2 heterocycles. The van der Waals surface area contributed by atoms with Gasteiger partial charge in [-0.05, 0) is 18.4 Å². The highest BCUT2D eigenvalue weighted by molar-refractivity contribution is 7.20. The van der Waals surface area contributed by atoms with Gasteiger partial charge in [-0.15, -0.1) is 11.3 Å². The van der Waals surface area contributed by atoms with Crippen molar-refractivity contribution in [2.24, 2.45) is 7.05 Å². The minimum absolute atomic E-state index is 0.0281. The Bertz CT molecular complexity index is 633. The second-order valence-electron chi connectivity index (χ2n) is 5.44. The SMILES string of the molecule is CC(C)c1nn(C)c2sc(C(=O)NCCCOCCO)cc12. The standard InChI is InChI=1S/C15H23N3O3S/c1-10(2)13-11-9-12(22-15(11)18(3)17-13)14(20)16-5-4-7-21-8-6-19/h9-10,19H,4-8H2,1-3H3,(H,16,20). The van der Waals surface area contributed by atoms with Crippen molar-refractivity contribution < 1.29 is 14.6 Å².